The Morgan fingerprint density at radius 3 is 2.48 bits per heavy atom. The molecule has 0 bridgehead atoms. The summed E-state index contributed by atoms with van der Waals surface area (Å²) in [6.07, 6.45) is 0. The SMILES string of the molecule is Cc1ccc(C(=O)Nc2cc(C(=O)O)ccc2Br)c(O)c1. The summed E-state index contributed by atoms with van der Waals surface area (Å²) in [5.41, 5.74) is 1.33. The molecule has 0 atom stereocenters. The number of rotatable bonds is 3. The van der Waals surface area contributed by atoms with Gasteiger partial charge in [0.25, 0.3) is 5.91 Å². The van der Waals surface area contributed by atoms with Crippen molar-refractivity contribution in [2.75, 3.05) is 5.32 Å². The van der Waals surface area contributed by atoms with Crippen LogP contribution in [0.15, 0.2) is 40.9 Å². The number of hydrogen-bond donors (Lipinski definition) is 3. The van der Waals surface area contributed by atoms with Crippen molar-refractivity contribution in [2.24, 2.45) is 0 Å². The van der Waals surface area contributed by atoms with Gasteiger partial charge < -0.3 is 15.5 Å². The summed E-state index contributed by atoms with van der Waals surface area (Å²) in [6.45, 7) is 1.80. The first-order chi connectivity index (χ1) is 9.88. The minimum Gasteiger partial charge on any atom is -0.507 e. The molecule has 21 heavy (non-hydrogen) atoms. The normalized spacial score (nSPS) is 10.2. The van der Waals surface area contributed by atoms with Crippen molar-refractivity contribution in [3.05, 3.63) is 57.6 Å². The summed E-state index contributed by atoms with van der Waals surface area (Å²) < 4.78 is 0.549. The number of carbonyl (C=O) groups excluding carboxylic acids is 1. The van der Waals surface area contributed by atoms with E-state index in [9.17, 15) is 14.7 Å². The summed E-state index contributed by atoms with van der Waals surface area (Å²) in [6, 6.07) is 9.00. The number of carboxylic acid groups (broad SMARTS) is 1. The second-order valence-corrected chi connectivity index (χ2v) is 5.33. The molecule has 5 nitrogen and oxygen atoms in total. The van der Waals surface area contributed by atoms with E-state index in [0.717, 1.165) is 5.56 Å². The van der Waals surface area contributed by atoms with Crippen LogP contribution in [0.25, 0.3) is 0 Å². The van der Waals surface area contributed by atoms with Crippen LogP contribution < -0.4 is 5.32 Å². The number of amides is 1. The number of nitrogens with one attached hydrogen (secondary N) is 1. The first-order valence-corrected chi connectivity index (χ1v) is 6.81. The average Bonchev–Trinajstić information content (AvgIpc) is 2.40. The molecule has 0 spiro atoms. The van der Waals surface area contributed by atoms with Crippen LogP contribution in [-0.2, 0) is 0 Å². The Labute approximate surface area is 129 Å². The van der Waals surface area contributed by atoms with Crippen LogP contribution >= 0.6 is 15.9 Å². The number of carbonyl (C=O) groups is 2. The fourth-order valence-electron chi connectivity index (χ4n) is 1.78. The number of benzene rings is 2. The molecule has 0 aliphatic carbocycles. The van der Waals surface area contributed by atoms with Gasteiger partial charge in [0.1, 0.15) is 5.75 Å². The van der Waals surface area contributed by atoms with Crippen molar-refractivity contribution in [2.45, 2.75) is 6.92 Å². The molecule has 0 radical (unpaired) electrons. The van der Waals surface area contributed by atoms with E-state index < -0.39 is 11.9 Å². The third-order valence-corrected chi connectivity index (χ3v) is 3.55. The van der Waals surface area contributed by atoms with Gasteiger partial charge in [0.15, 0.2) is 0 Å². The third kappa shape index (κ3) is 3.41. The largest absolute Gasteiger partial charge is 0.507 e. The summed E-state index contributed by atoms with van der Waals surface area (Å²) in [5, 5.41) is 21.3. The summed E-state index contributed by atoms with van der Waals surface area (Å²) >= 11 is 3.24. The van der Waals surface area contributed by atoms with Crippen molar-refractivity contribution in [3.8, 4) is 5.75 Å². The van der Waals surface area contributed by atoms with E-state index in [2.05, 4.69) is 21.2 Å². The highest BCUT2D eigenvalue weighted by atomic mass is 79.9. The van der Waals surface area contributed by atoms with Gasteiger partial charge in [-0.3, -0.25) is 4.79 Å². The number of anilines is 1. The molecular formula is C15H12BrNO4. The molecule has 3 N–H and O–H groups in total. The van der Waals surface area contributed by atoms with Crippen LogP contribution in [0, 0.1) is 6.92 Å². The number of hydrogen-bond acceptors (Lipinski definition) is 3. The minimum atomic E-state index is -1.09. The number of aryl methyl sites for hydroxylation is 1. The zero-order valence-electron chi connectivity index (χ0n) is 11.1. The van der Waals surface area contributed by atoms with E-state index in [-0.39, 0.29) is 16.9 Å². The van der Waals surface area contributed by atoms with Gasteiger partial charge in [0.2, 0.25) is 0 Å². The first-order valence-electron chi connectivity index (χ1n) is 6.02. The lowest BCUT2D eigenvalue weighted by Gasteiger charge is -2.10. The monoisotopic (exact) mass is 349 g/mol. The van der Waals surface area contributed by atoms with E-state index in [1.807, 2.05) is 0 Å². The van der Waals surface area contributed by atoms with Crippen LogP contribution in [-0.4, -0.2) is 22.1 Å². The van der Waals surface area contributed by atoms with E-state index in [1.54, 1.807) is 13.0 Å². The molecule has 0 aliphatic heterocycles. The molecule has 6 heteroatoms. The Bertz CT molecular complexity index is 728. The molecule has 0 aliphatic rings. The van der Waals surface area contributed by atoms with Crippen LogP contribution in [0.5, 0.6) is 5.75 Å². The number of halogens is 1. The van der Waals surface area contributed by atoms with Crippen LogP contribution in [0.4, 0.5) is 5.69 Å². The van der Waals surface area contributed by atoms with E-state index in [4.69, 9.17) is 5.11 Å². The molecule has 0 fully saturated rings. The highest BCUT2D eigenvalue weighted by Gasteiger charge is 2.14. The van der Waals surface area contributed by atoms with E-state index in [0.29, 0.717) is 10.2 Å². The highest BCUT2D eigenvalue weighted by molar-refractivity contribution is 9.10. The molecule has 2 rings (SSSR count). The summed E-state index contributed by atoms with van der Waals surface area (Å²) in [4.78, 5) is 23.1. The van der Waals surface area contributed by atoms with Crippen molar-refractivity contribution in [3.63, 3.8) is 0 Å². The molecule has 1 amide bonds. The summed E-state index contributed by atoms with van der Waals surface area (Å²) in [5.74, 6) is -1.73. The molecule has 0 aromatic heterocycles. The second-order valence-electron chi connectivity index (χ2n) is 4.47. The van der Waals surface area contributed by atoms with Crippen molar-refractivity contribution >= 4 is 33.5 Å². The lowest BCUT2D eigenvalue weighted by molar-refractivity contribution is 0.0696. The highest BCUT2D eigenvalue weighted by Crippen LogP contribution is 2.26. The van der Waals surface area contributed by atoms with Gasteiger partial charge in [-0.2, -0.15) is 0 Å². The fourth-order valence-corrected chi connectivity index (χ4v) is 2.12. The van der Waals surface area contributed by atoms with Gasteiger partial charge in [0.05, 0.1) is 16.8 Å². The zero-order valence-corrected chi connectivity index (χ0v) is 12.6. The van der Waals surface area contributed by atoms with E-state index >= 15 is 0 Å². The predicted octanol–water partition coefficient (Wildman–Crippen LogP) is 3.41. The maximum Gasteiger partial charge on any atom is 0.335 e. The maximum atomic E-state index is 12.1. The Balaban J connectivity index is 2.31. The summed E-state index contributed by atoms with van der Waals surface area (Å²) in [7, 11) is 0. The van der Waals surface area contributed by atoms with Crippen LogP contribution in [0.3, 0.4) is 0 Å². The van der Waals surface area contributed by atoms with E-state index in [1.165, 1.54) is 30.3 Å². The minimum absolute atomic E-state index is 0.0571. The number of phenolic OH excluding ortho intramolecular Hbond substituents is 1. The Kier molecular flexibility index (Phi) is 4.28. The number of carboxylic acids is 1. The van der Waals surface area contributed by atoms with Gasteiger partial charge >= 0.3 is 5.97 Å². The maximum absolute atomic E-state index is 12.1. The Hall–Kier alpha value is -2.34. The number of aromatic carboxylic acids is 1. The zero-order chi connectivity index (χ0) is 15.6. The molecular weight excluding hydrogens is 338 g/mol. The fraction of sp³-hybridized carbons (Fsp3) is 0.0667. The molecule has 2 aromatic carbocycles. The Morgan fingerprint density at radius 1 is 1.14 bits per heavy atom. The lowest BCUT2D eigenvalue weighted by atomic mass is 10.1. The van der Waals surface area contributed by atoms with Crippen molar-refractivity contribution < 1.29 is 19.8 Å². The number of aromatic hydroxyl groups is 1. The molecule has 108 valence electrons. The lowest BCUT2D eigenvalue weighted by Crippen LogP contribution is -2.13. The predicted molar refractivity (Wildman–Crippen MR) is 81.9 cm³/mol. The number of phenols is 1. The average molecular weight is 350 g/mol. The van der Waals surface area contributed by atoms with Crippen molar-refractivity contribution in [1.29, 1.82) is 0 Å². The third-order valence-electron chi connectivity index (χ3n) is 2.86. The first kappa shape index (κ1) is 15.1. The smallest absolute Gasteiger partial charge is 0.335 e. The van der Waals surface area contributed by atoms with Gasteiger partial charge in [0, 0.05) is 4.47 Å². The Morgan fingerprint density at radius 2 is 1.86 bits per heavy atom. The molecule has 0 heterocycles. The molecule has 0 unspecified atom stereocenters. The van der Waals surface area contributed by atoms with Gasteiger partial charge in [-0.15, -0.1) is 0 Å². The standard InChI is InChI=1S/C15H12BrNO4/c1-8-2-4-10(13(18)6-8)14(19)17-12-7-9(15(20)21)3-5-11(12)16/h2-7,18H,1H3,(H,17,19)(H,20,21). The van der Waals surface area contributed by atoms with Gasteiger partial charge in [-0.1, -0.05) is 6.07 Å². The molecule has 2 aromatic rings. The van der Waals surface area contributed by atoms with Crippen LogP contribution in [0.2, 0.25) is 0 Å². The molecule has 0 saturated heterocycles. The topological polar surface area (TPSA) is 86.6 Å². The second kappa shape index (κ2) is 5.97. The van der Waals surface area contributed by atoms with Crippen LogP contribution in [0.1, 0.15) is 26.3 Å². The van der Waals surface area contributed by atoms with Crippen molar-refractivity contribution in [1.82, 2.24) is 0 Å². The molecule has 0 saturated carbocycles. The quantitative estimate of drug-likeness (QED) is 0.792. The van der Waals surface area contributed by atoms with Gasteiger partial charge in [-0.05, 0) is 58.7 Å². The van der Waals surface area contributed by atoms with Gasteiger partial charge in [-0.25, -0.2) is 4.79 Å².